The van der Waals surface area contributed by atoms with Crippen LogP contribution in [-0.4, -0.2) is 26.2 Å². The molecule has 7 nitrogen and oxygen atoms in total. The van der Waals surface area contributed by atoms with Gasteiger partial charge in [-0.25, -0.2) is 0 Å². The number of pyridine rings is 1. The molecule has 1 amide bonds. The Morgan fingerprint density at radius 2 is 2.04 bits per heavy atom. The lowest BCUT2D eigenvalue weighted by Crippen LogP contribution is -2.13. The average molecular weight is 383 g/mol. The van der Waals surface area contributed by atoms with Crippen LogP contribution in [-0.2, 0) is 0 Å². The van der Waals surface area contributed by atoms with E-state index in [2.05, 4.69) is 25.7 Å². The molecule has 0 saturated carbocycles. The van der Waals surface area contributed by atoms with Crippen molar-refractivity contribution in [2.24, 2.45) is 0 Å². The molecule has 0 aliphatic carbocycles. The number of para-hydroxylation sites is 1. The second-order valence-electron chi connectivity index (χ2n) is 5.45. The number of rotatable bonds is 4. The predicted octanol–water partition coefficient (Wildman–Crippen LogP) is 4.09. The van der Waals surface area contributed by atoms with E-state index in [0.29, 0.717) is 22.1 Å². The van der Waals surface area contributed by atoms with Gasteiger partial charge in [0.05, 0.1) is 11.2 Å². The summed E-state index contributed by atoms with van der Waals surface area (Å²) in [5.74, 6) is 0.172. The molecule has 0 fully saturated rings. The third-order valence-electron chi connectivity index (χ3n) is 3.69. The Bertz CT molecular complexity index is 1080. The second kappa shape index (κ2) is 6.85. The Hall–Kier alpha value is -2.78. The van der Waals surface area contributed by atoms with Crippen LogP contribution in [0.4, 0.5) is 5.13 Å². The largest absolute Gasteiger partial charge is 0.361 e. The van der Waals surface area contributed by atoms with Crippen LogP contribution < -0.4 is 5.32 Å². The molecule has 4 aromatic rings. The van der Waals surface area contributed by atoms with E-state index < -0.39 is 0 Å². The Morgan fingerprint density at radius 3 is 2.85 bits per heavy atom. The van der Waals surface area contributed by atoms with E-state index in [-0.39, 0.29) is 5.91 Å². The first-order valence-electron chi connectivity index (χ1n) is 7.71. The van der Waals surface area contributed by atoms with E-state index in [1.807, 2.05) is 30.3 Å². The third-order valence-corrected chi connectivity index (χ3v) is 5.66. The molecule has 0 spiro atoms. The SMILES string of the molecule is Cc1noc(C)c1C(=O)Nc1nnc(Sc2ccnc3ccccc23)s1. The van der Waals surface area contributed by atoms with Gasteiger partial charge in [-0.3, -0.25) is 15.1 Å². The molecule has 3 aromatic heterocycles. The van der Waals surface area contributed by atoms with Gasteiger partial charge in [-0.1, -0.05) is 46.5 Å². The molecule has 26 heavy (non-hydrogen) atoms. The van der Waals surface area contributed by atoms with Gasteiger partial charge in [0.15, 0.2) is 4.34 Å². The van der Waals surface area contributed by atoms with E-state index >= 15 is 0 Å². The minimum Gasteiger partial charge on any atom is -0.361 e. The lowest BCUT2D eigenvalue weighted by molar-refractivity contribution is 0.102. The van der Waals surface area contributed by atoms with E-state index in [1.165, 1.54) is 23.1 Å². The standard InChI is InChI=1S/C17H13N5O2S2/c1-9-14(10(2)24-22-9)15(23)19-16-20-21-17(26-16)25-13-7-8-18-12-6-4-3-5-11(12)13/h3-8H,1-2H3,(H,19,20,23). The maximum absolute atomic E-state index is 12.4. The molecule has 0 radical (unpaired) electrons. The van der Waals surface area contributed by atoms with Crippen molar-refractivity contribution in [1.82, 2.24) is 20.3 Å². The average Bonchev–Trinajstić information content (AvgIpc) is 3.21. The van der Waals surface area contributed by atoms with Crippen LogP contribution in [0.1, 0.15) is 21.8 Å². The Balaban J connectivity index is 1.54. The summed E-state index contributed by atoms with van der Waals surface area (Å²) >= 11 is 2.80. The summed E-state index contributed by atoms with van der Waals surface area (Å²) < 4.78 is 5.76. The van der Waals surface area contributed by atoms with Crippen LogP contribution >= 0.6 is 23.1 Å². The fourth-order valence-electron chi connectivity index (χ4n) is 2.52. The molecule has 1 N–H and O–H groups in total. The number of nitrogens with one attached hydrogen (secondary N) is 1. The van der Waals surface area contributed by atoms with Crippen LogP contribution in [0.5, 0.6) is 0 Å². The van der Waals surface area contributed by atoms with Gasteiger partial charge in [-0.15, -0.1) is 10.2 Å². The lowest BCUT2D eigenvalue weighted by atomic mass is 10.2. The van der Waals surface area contributed by atoms with Gasteiger partial charge in [0, 0.05) is 16.5 Å². The molecule has 0 saturated heterocycles. The molecule has 0 unspecified atom stereocenters. The third kappa shape index (κ3) is 3.18. The van der Waals surface area contributed by atoms with Gasteiger partial charge in [0.2, 0.25) is 5.13 Å². The smallest absolute Gasteiger partial charge is 0.263 e. The topological polar surface area (TPSA) is 93.8 Å². The maximum Gasteiger partial charge on any atom is 0.263 e. The first kappa shape index (κ1) is 16.7. The summed E-state index contributed by atoms with van der Waals surface area (Å²) in [6.45, 7) is 3.42. The summed E-state index contributed by atoms with van der Waals surface area (Å²) in [4.78, 5) is 17.8. The fourth-order valence-corrected chi connectivity index (χ4v) is 4.35. The number of fused-ring (bicyclic) bond motifs is 1. The summed E-state index contributed by atoms with van der Waals surface area (Å²) in [5.41, 5.74) is 1.89. The number of aryl methyl sites for hydroxylation is 2. The molecule has 0 bridgehead atoms. The summed E-state index contributed by atoms with van der Waals surface area (Å²) in [7, 11) is 0. The highest BCUT2D eigenvalue weighted by Crippen LogP contribution is 2.35. The summed E-state index contributed by atoms with van der Waals surface area (Å²) in [5, 5.41) is 16.2. The fraction of sp³-hybridized carbons (Fsp3) is 0.118. The lowest BCUT2D eigenvalue weighted by Gasteiger charge is -2.02. The van der Waals surface area contributed by atoms with Crippen LogP contribution in [0.3, 0.4) is 0 Å². The van der Waals surface area contributed by atoms with E-state index in [0.717, 1.165) is 20.1 Å². The molecule has 3 heterocycles. The highest BCUT2D eigenvalue weighted by Gasteiger charge is 2.19. The number of hydrogen-bond donors (Lipinski definition) is 1. The number of hydrogen-bond acceptors (Lipinski definition) is 8. The first-order chi connectivity index (χ1) is 12.6. The molecule has 9 heteroatoms. The Labute approximate surface area is 156 Å². The van der Waals surface area contributed by atoms with Crippen molar-refractivity contribution in [3.63, 3.8) is 0 Å². The number of nitrogens with zero attached hydrogens (tertiary/aromatic N) is 4. The molecule has 0 aliphatic rings. The molecule has 130 valence electrons. The van der Waals surface area contributed by atoms with E-state index in [9.17, 15) is 4.79 Å². The van der Waals surface area contributed by atoms with Crippen molar-refractivity contribution in [3.05, 3.63) is 53.5 Å². The van der Waals surface area contributed by atoms with E-state index in [4.69, 9.17) is 4.52 Å². The molecular weight excluding hydrogens is 370 g/mol. The van der Waals surface area contributed by atoms with Crippen molar-refractivity contribution >= 4 is 45.0 Å². The monoisotopic (exact) mass is 383 g/mol. The second-order valence-corrected chi connectivity index (χ2v) is 7.72. The number of anilines is 1. The minimum absolute atomic E-state index is 0.302. The van der Waals surface area contributed by atoms with Gasteiger partial charge in [0.25, 0.3) is 5.91 Å². The minimum atomic E-state index is -0.302. The maximum atomic E-state index is 12.4. The van der Waals surface area contributed by atoms with Crippen molar-refractivity contribution in [2.45, 2.75) is 23.1 Å². The highest BCUT2D eigenvalue weighted by molar-refractivity contribution is 8.01. The number of amides is 1. The summed E-state index contributed by atoms with van der Waals surface area (Å²) in [6, 6.07) is 9.86. The van der Waals surface area contributed by atoms with Gasteiger partial charge < -0.3 is 4.52 Å². The molecular formula is C17H13N5O2S2. The van der Waals surface area contributed by atoms with Crippen molar-refractivity contribution in [3.8, 4) is 0 Å². The van der Waals surface area contributed by atoms with Gasteiger partial charge in [-0.05, 0) is 26.0 Å². The van der Waals surface area contributed by atoms with Gasteiger partial charge in [0.1, 0.15) is 11.3 Å². The van der Waals surface area contributed by atoms with Gasteiger partial charge >= 0.3 is 0 Å². The number of carbonyl (C=O) groups is 1. The number of benzene rings is 1. The van der Waals surface area contributed by atoms with Crippen molar-refractivity contribution < 1.29 is 9.32 Å². The Kier molecular flexibility index (Phi) is 4.39. The molecule has 1 aromatic carbocycles. The normalized spacial score (nSPS) is 11.0. The number of aromatic nitrogens is 4. The van der Waals surface area contributed by atoms with Crippen LogP contribution in [0.2, 0.25) is 0 Å². The highest BCUT2D eigenvalue weighted by atomic mass is 32.2. The number of carbonyl (C=O) groups excluding carboxylic acids is 1. The zero-order valence-electron chi connectivity index (χ0n) is 13.9. The summed E-state index contributed by atoms with van der Waals surface area (Å²) in [6.07, 6.45) is 1.77. The quantitative estimate of drug-likeness (QED) is 0.530. The van der Waals surface area contributed by atoms with Crippen LogP contribution in [0, 0.1) is 13.8 Å². The first-order valence-corrected chi connectivity index (χ1v) is 9.34. The molecule has 4 rings (SSSR count). The zero-order chi connectivity index (χ0) is 18.1. The molecule has 0 aliphatic heterocycles. The molecule has 0 atom stereocenters. The van der Waals surface area contributed by atoms with E-state index in [1.54, 1.807) is 20.0 Å². The van der Waals surface area contributed by atoms with Gasteiger partial charge in [-0.2, -0.15) is 0 Å². The van der Waals surface area contributed by atoms with Crippen molar-refractivity contribution in [1.29, 1.82) is 0 Å². The predicted molar refractivity (Wildman–Crippen MR) is 99.7 cm³/mol. The van der Waals surface area contributed by atoms with Crippen LogP contribution in [0.25, 0.3) is 10.9 Å². The zero-order valence-corrected chi connectivity index (χ0v) is 15.5. The Morgan fingerprint density at radius 1 is 1.19 bits per heavy atom. The van der Waals surface area contributed by atoms with Crippen LogP contribution in [0.15, 0.2) is 50.3 Å². The van der Waals surface area contributed by atoms with Crippen molar-refractivity contribution in [2.75, 3.05) is 5.32 Å².